The van der Waals surface area contributed by atoms with Gasteiger partial charge in [-0.3, -0.25) is 34.8 Å². The van der Waals surface area contributed by atoms with E-state index in [0.29, 0.717) is 12.1 Å². The first-order valence-corrected chi connectivity index (χ1v) is 11.1. The molecule has 0 aliphatic carbocycles. The number of rotatable bonds is 7. The van der Waals surface area contributed by atoms with Crippen LogP contribution in [0.15, 0.2) is 70.8 Å². The van der Waals surface area contributed by atoms with E-state index < -0.39 is 29.6 Å². The van der Waals surface area contributed by atoms with Crippen molar-refractivity contribution < 1.29 is 9.59 Å². The highest BCUT2D eigenvalue weighted by molar-refractivity contribution is 5.95. The first kappa shape index (κ1) is 23.6. The van der Waals surface area contributed by atoms with Crippen LogP contribution in [0.1, 0.15) is 29.8 Å². The van der Waals surface area contributed by atoms with Gasteiger partial charge in [0.2, 0.25) is 0 Å². The van der Waals surface area contributed by atoms with Crippen molar-refractivity contribution in [2.24, 2.45) is 5.92 Å². The van der Waals surface area contributed by atoms with Crippen molar-refractivity contribution in [3.8, 4) is 0 Å². The lowest BCUT2D eigenvalue weighted by Gasteiger charge is -2.14. The van der Waals surface area contributed by atoms with Gasteiger partial charge in [0.15, 0.2) is 11.2 Å². The van der Waals surface area contributed by atoms with E-state index in [1.165, 1.54) is 35.4 Å². The van der Waals surface area contributed by atoms with Crippen molar-refractivity contribution in [3.05, 3.63) is 93.2 Å². The fraction of sp³-hybridized carbons (Fsp3) is 0.250. The molecule has 3 heterocycles. The third-order valence-corrected chi connectivity index (χ3v) is 5.29. The van der Waals surface area contributed by atoms with Gasteiger partial charge in [-0.15, -0.1) is 0 Å². The number of hydrogen-bond donors (Lipinski definition) is 2. The summed E-state index contributed by atoms with van der Waals surface area (Å²) in [5.41, 5.74) is 4.86. The minimum atomic E-state index is -0.729. The molecule has 0 unspecified atom stereocenters. The van der Waals surface area contributed by atoms with Gasteiger partial charge < -0.3 is 4.57 Å². The van der Waals surface area contributed by atoms with E-state index >= 15 is 0 Å². The summed E-state index contributed by atoms with van der Waals surface area (Å²) in [5.74, 6) is -1.06. The van der Waals surface area contributed by atoms with Crippen molar-refractivity contribution in [1.82, 2.24) is 34.5 Å². The molecule has 3 aromatic heterocycles. The molecule has 2 N–H and O–H groups in total. The number of hydrazine groups is 1. The normalized spacial score (nSPS) is 11.1. The Kier molecular flexibility index (Phi) is 6.86. The quantitative estimate of drug-likeness (QED) is 0.382. The van der Waals surface area contributed by atoms with Gasteiger partial charge in [0.1, 0.15) is 6.54 Å². The molecule has 0 aliphatic rings. The van der Waals surface area contributed by atoms with Gasteiger partial charge in [0.25, 0.3) is 17.4 Å². The molecule has 0 radical (unpaired) electrons. The van der Waals surface area contributed by atoms with Crippen LogP contribution in [0.25, 0.3) is 11.2 Å². The molecular weight excluding hydrogens is 450 g/mol. The van der Waals surface area contributed by atoms with Gasteiger partial charge in [-0.25, -0.2) is 14.3 Å². The maximum Gasteiger partial charge on any atom is 0.333 e. The molecule has 180 valence electrons. The maximum absolute atomic E-state index is 13.3. The van der Waals surface area contributed by atoms with Crippen LogP contribution < -0.4 is 22.1 Å². The lowest BCUT2D eigenvalue weighted by molar-refractivity contribution is -0.122. The van der Waals surface area contributed by atoms with E-state index in [0.717, 1.165) is 10.1 Å². The highest BCUT2D eigenvalue weighted by Crippen LogP contribution is 2.11. The van der Waals surface area contributed by atoms with Crippen molar-refractivity contribution >= 4 is 23.0 Å². The summed E-state index contributed by atoms with van der Waals surface area (Å²) in [5, 5.41) is 0. The third-order valence-electron chi connectivity index (χ3n) is 5.29. The summed E-state index contributed by atoms with van der Waals surface area (Å²) < 4.78 is 3.94. The predicted octanol–water partition coefficient (Wildman–Crippen LogP) is 0.920. The van der Waals surface area contributed by atoms with Crippen LogP contribution in [0.2, 0.25) is 0 Å². The fourth-order valence-corrected chi connectivity index (χ4v) is 3.70. The second-order valence-corrected chi connectivity index (χ2v) is 8.45. The molecular formula is C24H25N7O4. The van der Waals surface area contributed by atoms with Crippen molar-refractivity contribution in [2.45, 2.75) is 33.5 Å². The lowest BCUT2D eigenvalue weighted by Crippen LogP contribution is -2.48. The van der Waals surface area contributed by atoms with Crippen LogP contribution in [-0.4, -0.2) is 35.5 Å². The number of hydrogen-bond acceptors (Lipinski definition) is 6. The molecule has 0 aliphatic heterocycles. The fourth-order valence-electron chi connectivity index (χ4n) is 3.70. The molecule has 0 saturated heterocycles. The molecule has 0 bridgehead atoms. The molecule has 0 fully saturated rings. The maximum atomic E-state index is 13.3. The number of aromatic nitrogens is 5. The summed E-state index contributed by atoms with van der Waals surface area (Å²) in [6.07, 6.45) is 4.42. The zero-order chi connectivity index (χ0) is 24.9. The predicted molar refractivity (Wildman–Crippen MR) is 128 cm³/mol. The first-order chi connectivity index (χ1) is 16.8. The number of carbonyl (C=O) groups excluding carboxylic acids is 2. The molecule has 1 aromatic carbocycles. The van der Waals surface area contributed by atoms with Gasteiger partial charge in [0, 0.05) is 24.5 Å². The van der Waals surface area contributed by atoms with Crippen LogP contribution in [0.3, 0.4) is 0 Å². The van der Waals surface area contributed by atoms with Gasteiger partial charge in [-0.2, -0.15) is 0 Å². The Labute approximate surface area is 200 Å². The largest absolute Gasteiger partial charge is 0.333 e. The molecule has 4 rings (SSSR count). The van der Waals surface area contributed by atoms with E-state index in [9.17, 15) is 19.2 Å². The van der Waals surface area contributed by atoms with Gasteiger partial charge in [0.05, 0.1) is 12.9 Å². The van der Waals surface area contributed by atoms with Crippen LogP contribution in [0, 0.1) is 5.92 Å². The van der Waals surface area contributed by atoms with E-state index in [1.54, 1.807) is 4.57 Å². The Bertz CT molecular complexity index is 1470. The standard InChI is InChI=1S/C24H25N7O4/c1-16(2)12-29-15-26-21-20(29)23(34)31(24(35)30(21)13-17-6-4-3-5-7-17)14-19(32)27-28-22(33)18-8-10-25-11-9-18/h3-11,15-16H,12-14H2,1-2H3,(H,27,32)(H,28,33). The second kappa shape index (κ2) is 10.2. The summed E-state index contributed by atoms with van der Waals surface area (Å²) in [6.45, 7) is 4.12. The molecule has 11 heteroatoms. The zero-order valence-corrected chi connectivity index (χ0v) is 19.3. The van der Waals surface area contributed by atoms with E-state index in [1.807, 2.05) is 44.2 Å². The Hall–Kier alpha value is -4.54. The Balaban J connectivity index is 1.68. The molecule has 4 aromatic rings. The number of carbonyl (C=O) groups is 2. The van der Waals surface area contributed by atoms with Crippen LogP contribution >= 0.6 is 0 Å². The minimum Gasteiger partial charge on any atom is -0.324 e. The number of imidazole rings is 1. The number of benzene rings is 1. The van der Waals surface area contributed by atoms with Crippen molar-refractivity contribution in [2.75, 3.05) is 0 Å². The second-order valence-electron chi connectivity index (χ2n) is 8.45. The SMILES string of the molecule is CC(C)Cn1cnc2c1c(=O)n(CC(=O)NNC(=O)c1ccncc1)c(=O)n2Cc1ccccc1. The Morgan fingerprint density at radius 1 is 0.971 bits per heavy atom. The highest BCUT2D eigenvalue weighted by Gasteiger charge is 2.20. The number of nitrogens with one attached hydrogen (secondary N) is 2. The highest BCUT2D eigenvalue weighted by atomic mass is 16.2. The molecule has 0 saturated carbocycles. The summed E-state index contributed by atoms with van der Waals surface area (Å²) in [4.78, 5) is 59.6. The Morgan fingerprint density at radius 2 is 1.69 bits per heavy atom. The number of nitrogens with zero attached hydrogens (tertiary/aromatic N) is 5. The summed E-state index contributed by atoms with van der Waals surface area (Å²) in [7, 11) is 0. The molecule has 35 heavy (non-hydrogen) atoms. The van der Waals surface area contributed by atoms with Crippen LogP contribution in [0.5, 0.6) is 0 Å². The van der Waals surface area contributed by atoms with E-state index in [-0.39, 0.29) is 23.6 Å². The van der Waals surface area contributed by atoms with Crippen molar-refractivity contribution in [3.63, 3.8) is 0 Å². The zero-order valence-electron chi connectivity index (χ0n) is 19.3. The van der Waals surface area contributed by atoms with Crippen LogP contribution in [-0.2, 0) is 24.4 Å². The van der Waals surface area contributed by atoms with Gasteiger partial charge in [-0.1, -0.05) is 44.2 Å². The van der Waals surface area contributed by atoms with Crippen LogP contribution in [0.4, 0.5) is 0 Å². The third kappa shape index (κ3) is 5.18. The van der Waals surface area contributed by atoms with E-state index in [2.05, 4.69) is 20.8 Å². The monoisotopic (exact) mass is 475 g/mol. The molecule has 0 atom stereocenters. The molecule has 2 amide bonds. The van der Waals surface area contributed by atoms with Crippen molar-refractivity contribution in [1.29, 1.82) is 0 Å². The first-order valence-electron chi connectivity index (χ1n) is 11.1. The summed E-state index contributed by atoms with van der Waals surface area (Å²) >= 11 is 0. The number of amides is 2. The average molecular weight is 476 g/mol. The Morgan fingerprint density at radius 3 is 2.37 bits per heavy atom. The minimum absolute atomic E-state index is 0.176. The molecule has 11 nitrogen and oxygen atoms in total. The number of fused-ring (bicyclic) bond motifs is 1. The topological polar surface area (TPSA) is 133 Å². The van der Waals surface area contributed by atoms with E-state index in [4.69, 9.17) is 0 Å². The lowest BCUT2D eigenvalue weighted by atomic mass is 10.2. The summed E-state index contributed by atoms with van der Waals surface area (Å²) in [6, 6.07) is 12.3. The van der Waals surface area contributed by atoms with Gasteiger partial charge in [-0.05, 0) is 23.6 Å². The molecule has 0 spiro atoms. The van der Waals surface area contributed by atoms with Gasteiger partial charge >= 0.3 is 5.69 Å². The number of pyridine rings is 1. The smallest absolute Gasteiger partial charge is 0.324 e. The average Bonchev–Trinajstić information content (AvgIpc) is 3.27.